The predicted molar refractivity (Wildman–Crippen MR) is 65.9 cm³/mol. The average Bonchev–Trinajstić information content (AvgIpc) is 2.85. The van der Waals surface area contributed by atoms with Gasteiger partial charge in [0.05, 0.1) is 11.5 Å². The smallest absolute Gasteiger partial charge is 0.344 e. The van der Waals surface area contributed by atoms with E-state index in [0.29, 0.717) is 0 Å². The van der Waals surface area contributed by atoms with Crippen LogP contribution in [0.5, 0.6) is 0 Å². The summed E-state index contributed by atoms with van der Waals surface area (Å²) in [5.41, 5.74) is -4.45. The fourth-order valence-electron chi connectivity index (χ4n) is 2.12. The minimum absolute atomic E-state index is 0.442. The molecule has 1 unspecified atom stereocenters. The zero-order chi connectivity index (χ0) is 16.8. The summed E-state index contributed by atoms with van der Waals surface area (Å²) in [6.45, 7) is -1.77. The first kappa shape index (κ1) is 17.4. The van der Waals surface area contributed by atoms with Gasteiger partial charge >= 0.3 is 17.3 Å². The van der Waals surface area contributed by atoms with Crippen LogP contribution in [-0.4, -0.2) is 43.2 Å². The van der Waals surface area contributed by atoms with Crippen molar-refractivity contribution in [3.8, 4) is 0 Å². The highest BCUT2D eigenvalue weighted by atomic mass is 35.5. The van der Waals surface area contributed by atoms with Crippen LogP contribution in [0.15, 0.2) is 35.2 Å². The molecular formula is C11H9ClF5NO3S. The van der Waals surface area contributed by atoms with Crippen molar-refractivity contribution < 1.29 is 35.1 Å². The van der Waals surface area contributed by atoms with Crippen LogP contribution in [0.25, 0.3) is 0 Å². The summed E-state index contributed by atoms with van der Waals surface area (Å²) in [4.78, 5) is -0.574. The van der Waals surface area contributed by atoms with E-state index >= 15 is 0 Å². The first-order valence-electron chi connectivity index (χ1n) is 5.80. The molecule has 1 heterocycles. The molecule has 0 bridgehead atoms. The highest BCUT2D eigenvalue weighted by molar-refractivity contribution is 7.89. The monoisotopic (exact) mass is 365 g/mol. The molecule has 22 heavy (non-hydrogen) atoms. The molecule has 2 rings (SSSR count). The molecule has 1 fully saturated rings. The summed E-state index contributed by atoms with van der Waals surface area (Å²) < 4.78 is 94.9. The van der Waals surface area contributed by atoms with E-state index in [4.69, 9.17) is 0 Å². The zero-order valence-electron chi connectivity index (χ0n) is 10.6. The molecule has 1 aromatic carbocycles. The van der Waals surface area contributed by atoms with Gasteiger partial charge in [0.1, 0.15) is 0 Å². The lowest BCUT2D eigenvalue weighted by Gasteiger charge is -2.39. The highest BCUT2D eigenvalue weighted by Crippen LogP contribution is 2.52. The van der Waals surface area contributed by atoms with Gasteiger partial charge in [-0.2, -0.15) is 26.3 Å². The number of benzene rings is 1. The van der Waals surface area contributed by atoms with Crippen molar-refractivity contribution in [1.82, 2.24) is 4.31 Å². The highest BCUT2D eigenvalue weighted by Gasteiger charge is 2.78. The molecule has 0 saturated carbocycles. The second-order valence-electron chi connectivity index (χ2n) is 4.38. The lowest BCUT2D eigenvalue weighted by Crippen LogP contribution is -2.66. The summed E-state index contributed by atoms with van der Waals surface area (Å²) in [5.74, 6) is 0. The van der Waals surface area contributed by atoms with Crippen LogP contribution in [0.4, 0.5) is 22.0 Å². The summed E-state index contributed by atoms with van der Waals surface area (Å²) in [5, 5.41) is -5.01. The molecule has 0 aliphatic carbocycles. The summed E-state index contributed by atoms with van der Waals surface area (Å²) in [6.07, 6.45) is -5.74. The molecule has 4 nitrogen and oxygen atoms in total. The van der Waals surface area contributed by atoms with E-state index in [1.54, 1.807) is 0 Å². The molecule has 1 atom stereocenters. The number of ether oxygens (including phenoxy) is 1. The summed E-state index contributed by atoms with van der Waals surface area (Å²) in [6, 6.07) is 5.89. The third kappa shape index (κ3) is 2.47. The second-order valence-corrected chi connectivity index (χ2v) is 6.72. The maximum absolute atomic E-state index is 13.5. The molecule has 1 aromatic rings. The summed E-state index contributed by atoms with van der Waals surface area (Å²) in [7, 11) is -4.89. The molecule has 0 N–H and O–H groups in total. The fraction of sp³-hybridized carbons (Fsp3) is 0.455. The maximum atomic E-state index is 13.5. The molecule has 0 aromatic heterocycles. The van der Waals surface area contributed by atoms with Crippen LogP contribution in [0, 0.1) is 0 Å². The van der Waals surface area contributed by atoms with Gasteiger partial charge in [-0.15, -0.1) is 0 Å². The molecule has 0 amide bonds. The zero-order valence-corrected chi connectivity index (χ0v) is 12.2. The van der Waals surface area contributed by atoms with E-state index in [-0.39, 0.29) is 0 Å². The maximum Gasteiger partial charge on any atom is 0.440 e. The number of nitrogens with zero attached hydrogens (tertiary/aromatic N) is 1. The molecule has 0 radical (unpaired) electrons. The third-order valence-corrected chi connectivity index (χ3v) is 5.20. The van der Waals surface area contributed by atoms with Crippen molar-refractivity contribution in [3.63, 3.8) is 0 Å². The number of hydrogen-bond acceptors (Lipinski definition) is 3. The minimum atomic E-state index is -5.74. The Morgan fingerprint density at radius 1 is 1.14 bits per heavy atom. The van der Waals surface area contributed by atoms with Gasteiger partial charge in [-0.25, -0.2) is 8.42 Å². The van der Waals surface area contributed by atoms with Crippen molar-refractivity contribution in [2.45, 2.75) is 22.2 Å². The fourth-order valence-corrected chi connectivity index (χ4v) is 4.12. The molecule has 1 aliphatic heterocycles. The first-order chi connectivity index (χ1) is 9.94. The molecule has 0 spiro atoms. The topological polar surface area (TPSA) is 46.6 Å². The Morgan fingerprint density at radius 2 is 1.68 bits per heavy atom. The standard InChI is InChI=1S/C11H9ClF5NO3S/c12-10(13,14)9(11(15,16)17)18(6-7-21-9)22(19,20)8-4-2-1-3-5-8/h1-5H,6-7H2. The van der Waals surface area contributed by atoms with Gasteiger partial charge in [-0.05, 0) is 23.7 Å². The first-order valence-corrected chi connectivity index (χ1v) is 7.62. The third-order valence-electron chi connectivity index (χ3n) is 3.06. The molecule has 124 valence electrons. The van der Waals surface area contributed by atoms with E-state index in [1.165, 1.54) is 18.2 Å². The Hall–Kier alpha value is -0.970. The van der Waals surface area contributed by atoms with Crippen LogP contribution in [0.1, 0.15) is 0 Å². The Morgan fingerprint density at radius 3 is 2.14 bits per heavy atom. The lowest BCUT2D eigenvalue weighted by molar-refractivity contribution is -0.339. The van der Waals surface area contributed by atoms with Crippen LogP contribution >= 0.6 is 11.6 Å². The van der Waals surface area contributed by atoms with Gasteiger partial charge < -0.3 is 4.74 Å². The van der Waals surface area contributed by atoms with Gasteiger partial charge in [0.25, 0.3) is 0 Å². The molecule has 11 heteroatoms. The van der Waals surface area contributed by atoms with Crippen molar-refractivity contribution >= 4 is 21.6 Å². The number of sulfonamides is 1. The second kappa shape index (κ2) is 5.29. The Balaban J connectivity index is 2.64. The van der Waals surface area contributed by atoms with E-state index in [9.17, 15) is 30.4 Å². The largest absolute Gasteiger partial charge is 0.440 e. The Labute approximate surface area is 127 Å². The van der Waals surface area contributed by atoms with Crippen molar-refractivity contribution in [2.24, 2.45) is 0 Å². The van der Waals surface area contributed by atoms with Crippen LogP contribution < -0.4 is 0 Å². The van der Waals surface area contributed by atoms with Crippen molar-refractivity contribution in [2.75, 3.05) is 13.2 Å². The average molecular weight is 366 g/mol. The molecule has 1 aliphatic rings. The number of alkyl halides is 6. The van der Waals surface area contributed by atoms with Gasteiger partial charge in [0, 0.05) is 6.54 Å². The number of halogens is 6. The summed E-state index contributed by atoms with van der Waals surface area (Å²) >= 11 is 4.58. The molecular weight excluding hydrogens is 357 g/mol. The van der Waals surface area contributed by atoms with Gasteiger partial charge in [0.15, 0.2) is 0 Å². The minimum Gasteiger partial charge on any atom is -0.344 e. The number of hydrogen-bond donors (Lipinski definition) is 0. The SMILES string of the molecule is O=S(=O)(c1ccccc1)N1CCOC1(C(F)(F)F)C(F)(F)Cl. The Bertz CT molecular complexity index is 630. The van der Waals surface area contributed by atoms with Gasteiger partial charge in [0.2, 0.25) is 10.0 Å². The van der Waals surface area contributed by atoms with Crippen molar-refractivity contribution in [1.29, 1.82) is 0 Å². The number of rotatable bonds is 3. The predicted octanol–water partition coefficient (Wildman–Crippen LogP) is 2.80. The van der Waals surface area contributed by atoms with E-state index in [2.05, 4.69) is 16.3 Å². The van der Waals surface area contributed by atoms with E-state index in [0.717, 1.165) is 12.1 Å². The van der Waals surface area contributed by atoms with Crippen LogP contribution in [0.3, 0.4) is 0 Å². The quantitative estimate of drug-likeness (QED) is 0.611. The van der Waals surface area contributed by atoms with Crippen LogP contribution in [0.2, 0.25) is 0 Å². The van der Waals surface area contributed by atoms with Gasteiger partial charge in [-0.3, -0.25) is 0 Å². The normalized spacial score (nSPS) is 24.6. The van der Waals surface area contributed by atoms with Crippen molar-refractivity contribution in [3.05, 3.63) is 30.3 Å². The van der Waals surface area contributed by atoms with Crippen LogP contribution in [-0.2, 0) is 14.8 Å². The Kier molecular flexibility index (Phi) is 4.18. The van der Waals surface area contributed by atoms with E-state index < -0.39 is 49.7 Å². The van der Waals surface area contributed by atoms with Gasteiger partial charge in [-0.1, -0.05) is 18.2 Å². The van der Waals surface area contributed by atoms with E-state index in [1.807, 2.05) is 0 Å². The molecule has 1 saturated heterocycles. The lowest BCUT2D eigenvalue weighted by atomic mass is 10.2.